The summed E-state index contributed by atoms with van der Waals surface area (Å²) in [5, 5.41) is 2.13. The molecule has 100 valence electrons. The van der Waals surface area contributed by atoms with Crippen LogP contribution in [0.15, 0.2) is 40.3 Å². The van der Waals surface area contributed by atoms with E-state index in [1.807, 2.05) is 23.5 Å². The SMILES string of the molecule is CC(C)(C)c1ccco1.CC(C)(C)c1cccs1. The molecule has 0 saturated heterocycles. The Morgan fingerprint density at radius 3 is 1.78 bits per heavy atom. The fraction of sp³-hybridized carbons (Fsp3) is 0.500. The summed E-state index contributed by atoms with van der Waals surface area (Å²) in [5.74, 6) is 1.04. The summed E-state index contributed by atoms with van der Waals surface area (Å²) < 4.78 is 5.20. The van der Waals surface area contributed by atoms with Crippen molar-refractivity contribution in [3.05, 3.63) is 46.5 Å². The molecular weight excluding hydrogens is 240 g/mol. The molecule has 18 heavy (non-hydrogen) atoms. The van der Waals surface area contributed by atoms with E-state index in [-0.39, 0.29) is 5.41 Å². The minimum atomic E-state index is 0.156. The molecule has 0 amide bonds. The number of furan rings is 1. The van der Waals surface area contributed by atoms with Gasteiger partial charge in [0.2, 0.25) is 0 Å². The van der Waals surface area contributed by atoms with Gasteiger partial charge in [-0.15, -0.1) is 11.3 Å². The Morgan fingerprint density at radius 1 is 0.889 bits per heavy atom. The highest BCUT2D eigenvalue weighted by Crippen LogP contribution is 2.25. The zero-order chi connectivity index (χ0) is 13.8. The summed E-state index contributed by atoms with van der Waals surface area (Å²) in [6, 6.07) is 8.20. The van der Waals surface area contributed by atoms with Crippen molar-refractivity contribution in [1.29, 1.82) is 0 Å². The van der Waals surface area contributed by atoms with Gasteiger partial charge in [0.05, 0.1) is 6.26 Å². The fourth-order valence-electron chi connectivity index (χ4n) is 1.41. The molecule has 2 heterocycles. The van der Waals surface area contributed by atoms with Gasteiger partial charge in [-0.3, -0.25) is 0 Å². The van der Waals surface area contributed by atoms with Gasteiger partial charge < -0.3 is 4.42 Å². The van der Waals surface area contributed by atoms with E-state index in [2.05, 4.69) is 59.1 Å². The van der Waals surface area contributed by atoms with Crippen LogP contribution < -0.4 is 0 Å². The fourth-order valence-corrected chi connectivity index (χ4v) is 2.23. The van der Waals surface area contributed by atoms with E-state index >= 15 is 0 Å². The molecule has 0 bridgehead atoms. The van der Waals surface area contributed by atoms with E-state index in [9.17, 15) is 0 Å². The van der Waals surface area contributed by atoms with E-state index in [0.717, 1.165) is 5.76 Å². The van der Waals surface area contributed by atoms with Gasteiger partial charge in [-0.05, 0) is 29.0 Å². The Bertz CT molecular complexity index is 380. The van der Waals surface area contributed by atoms with Crippen molar-refractivity contribution in [3.63, 3.8) is 0 Å². The van der Waals surface area contributed by atoms with Crippen molar-refractivity contribution in [2.45, 2.75) is 52.4 Å². The molecule has 0 saturated carbocycles. The first-order valence-electron chi connectivity index (χ1n) is 6.29. The van der Waals surface area contributed by atoms with Crippen LogP contribution in [0.2, 0.25) is 0 Å². The molecule has 1 nitrogen and oxygen atoms in total. The summed E-state index contributed by atoms with van der Waals surface area (Å²) in [7, 11) is 0. The molecule has 0 aliphatic heterocycles. The highest BCUT2D eigenvalue weighted by atomic mass is 32.1. The van der Waals surface area contributed by atoms with E-state index in [0.29, 0.717) is 5.41 Å². The third-order valence-corrected chi connectivity index (χ3v) is 3.82. The van der Waals surface area contributed by atoms with Gasteiger partial charge in [-0.2, -0.15) is 0 Å². The minimum Gasteiger partial charge on any atom is -0.469 e. The normalized spacial score (nSPS) is 11.9. The van der Waals surface area contributed by atoms with Gasteiger partial charge in [0, 0.05) is 10.3 Å². The van der Waals surface area contributed by atoms with Crippen LogP contribution >= 0.6 is 11.3 Å². The van der Waals surface area contributed by atoms with Gasteiger partial charge in [-0.25, -0.2) is 0 Å². The Morgan fingerprint density at radius 2 is 1.56 bits per heavy atom. The minimum absolute atomic E-state index is 0.156. The van der Waals surface area contributed by atoms with E-state index in [1.165, 1.54) is 4.88 Å². The predicted molar refractivity (Wildman–Crippen MR) is 80.4 cm³/mol. The van der Waals surface area contributed by atoms with Gasteiger partial charge in [0.15, 0.2) is 0 Å². The first kappa shape index (κ1) is 15.0. The second-order valence-corrected chi connectivity index (χ2v) is 7.40. The van der Waals surface area contributed by atoms with Gasteiger partial charge in [0.1, 0.15) is 5.76 Å². The summed E-state index contributed by atoms with van der Waals surface area (Å²) in [6.07, 6.45) is 1.71. The Hall–Kier alpha value is -1.02. The molecule has 2 heteroatoms. The molecule has 0 unspecified atom stereocenters. The molecular formula is C16H24OS. The molecule has 0 fully saturated rings. The van der Waals surface area contributed by atoms with Crippen molar-refractivity contribution in [3.8, 4) is 0 Å². The van der Waals surface area contributed by atoms with Crippen LogP contribution in [0.1, 0.15) is 52.2 Å². The van der Waals surface area contributed by atoms with E-state index < -0.39 is 0 Å². The Balaban J connectivity index is 0.000000180. The van der Waals surface area contributed by atoms with Crippen LogP contribution in [0.5, 0.6) is 0 Å². The van der Waals surface area contributed by atoms with Crippen LogP contribution in [0, 0.1) is 0 Å². The van der Waals surface area contributed by atoms with Crippen molar-refractivity contribution in [1.82, 2.24) is 0 Å². The lowest BCUT2D eigenvalue weighted by molar-refractivity contribution is 0.409. The molecule has 0 spiro atoms. The molecule has 0 aromatic carbocycles. The average molecular weight is 264 g/mol. The zero-order valence-electron chi connectivity index (χ0n) is 12.3. The van der Waals surface area contributed by atoms with Crippen LogP contribution in [0.25, 0.3) is 0 Å². The lowest BCUT2D eigenvalue weighted by atomic mass is 9.94. The molecule has 2 aromatic rings. The maximum atomic E-state index is 5.20. The maximum absolute atomic E-state index is 5.20. The topological polar surface area (TPSA) is 13.1 Å². The van der Waals surface area contributed by atoms with Crippen molar-refractivity contribution in [2.24, 2.45) is 0 Å². The van der Waals surface area contributed by atoms with E-state index in [1.54, 1.807) is 6.26 Å². The highest BCUT2D eigenvalue weighted by Gasteiger charge is 2.15. The van der Waals surface area contributed by atoms with Gasteiger partial charge >= 0.3 is 0 Å². The first-order valence-corrected chi connectivity index (χ1v) is 7.17. The Labute approximate surface area is 115 Å². The average Bonchev–Trinajstić information content (AvgIpc) is 2.91. The van der Waals surface area contributed by atoms with Crippen molar-refractivity contribution in [2.75, 3.05) is 0 Å². The molecule has 2 rings (SSSR count). The van der Waals surface area contributed by atoms with Crippen LogP contribution in [0.4, 0.5) is 0 Å². The summed E-state index contributed by atoms with van der Waals surface area (Å²) in [5.41, 5.74) is 0.498. The number of thiophene rings is 1. The highest BCUT2D eigenvalue weighted by molar-refractivity contribution is 7.10. The third-order valence-electron chi connectivity index (χ3n) is 2.52. The standard InChI is InChI=1S/C8H12O.C8H12S/c2*1-8(2,3)7-5-4-6-9-7/h2*4-6H,1-3H3. The van der Waals surface area contributed by atoms with Crippen LogP contribution in [0.3, 0.4) is 0 Å². The van der Waals surface area contributed by atoms with Crippen molar-refractivity contribution >= 4 is 11.3 Å². The lowest BCUT2D eigenvalue weighted by Gasteiger charge is -2.14. The second-order valence-electron chi connectivity index (χ2n) is 6.45. The molecule has 0 aliphatic carbocycles. The monoisotopic (exact) mass is 264 g/mol. The summed E-state index contributed by atoms with van der Waals surface area (Å²) in [4.78, 5) is 1.46. The Kier molecular flexibility index (Phi) is 4.80. The number of hydrogen-bond donors (Lipinski definition) is 0. The number of rotatable bonds is 0. The van der Waals surface area contributed by atoms with Gasteiger partial charge in [-0.1, -0.05) is 47.6 Å². The quantitative estimate of drug-likeness (QED) is 0.601. The van der Waals surface area contributed by atoms with Gasteiger partial charge in [0.25, 0.3) is 0 Å². The molecule has 0 atom stereocenters. The summed E-state index contributed by atoms with van der Waals surface area (Å²) in [6.45, 7) is 13.1. The molecule has 0 radical (unpaired) electrons. The predicted octanol–water partition coefficient (Wildman–Crippen LogP) is 5.62. The molecule has 0 N–H and O–H groups in total. The molecule has 0 aliphatic rings. The lowest BCUT2D eigenvalue weighted by Crippen LogP contribution is -2.08. The van der Waals surface area contributed by atoms with Crippen molar-refractivity contribution < 1.29 is 4.42 Å². The third kappa shape index (κ3) is 4.69. The number of hydrogen-bond acceptors (Lipinski definition) is 2. The zero-order valence-corrected chi connectivity index (χ0v) is 13.1. The van der Waals surface area contributed by atoms with Crippen LogP contribution in [-0.2, 0) is 10.8 Å². The van der Waals surface area contributed by atoms with Crippen LogP contribution in [-0.4, -0.2) is 0 Å². The smallest absolute Gasteiger partial charge is 0.109 e. The first-order chi connectivity index (χ1) is 8.21. The molecule has 2 aromatic heterocycles. The maximum Gasteiger partial charge on any atom is 0.109 e. The summed E-state index contributed by atoms with van der Waals surface area (Å²) >= 11 is 1.83. The largest absolute Gasteiger partial charge is 0.469 e. The second kappa shape index (κ2) is 5.75. The van der Waals surface area contributed by atoms with E-state index in [4.69, 9.17) is 4.42 Å².